The summed E-state index contributed by atoms with van der Waals surface area (Å²) in [6.07, 6.45) is 16.0. The second-order valence-corrected chi connectivity index (χ2v) is 14.3. The maximum absolute atomic E-state index is 14.1. The van der Waals surface area contributed by atoms with Gasteiger partial charge in [-0.1, -0.05) is 44.5 Å². The Labute approximate surface area is 403 Å². The van der Waals surface area contributed by atoms with Crippen LogP contribution < -0.4 is 0 Å². The Morgan fingerprint density at radius 3 is 1.85 bits per heavy atom. The predicted octanol–water partition coefficient (Wildman–Crippen LogP) is 12.0. The Morgan fingerprint density at radius 2 is 1.33 bits per heavy atom. The van der Waals surface area contributed by atoms with Gasteiger partial charge in [-0.15, -0.1) is 17.0 Å². The molecule has 0 aliphatic heterocycles. The van der Waals surface area contributed by atoms with Gasteiger partial charge in [0.2, 0.25) is 0 Å². The normalized spacial score (nSPS) is 11.2. The van der Waals surface area contributed by atoms with Crippen molar-refractivity contribution in [3.8, 4) is 22.8 Å². The van der Waals surface area contributed by atoms with Gasteiger partial charge >= 0.3 is 25.7 Å². The van der Waals surface area contributed by atoms with Gasteiger partial charge < -0.3 is 25.4 Å². The maximum Gasteiger partial charge on any atom is 2.00 e. The van der Waals surface area contributed by atoms with Crippen LogP contribution in [-0.4, -0.2) is 56.4 Å². The van der Waals surface area contributed by atoms with Crippen molar-refractivity contribution in [1.29, 1.82) is 5.41 Å². The van der Waals surface area contributed by atoms with Crippen LogP contribution in [0.4, 0.5) is 22.0 Å². The van der Waals surface area contributed by atoms with Crippen molar-refractivity contribution < 1.29 is 70.0 Å². The second-order valence-electron chi connectivity index (χ2n) is 12.9. The smallest absolute Gasteiger partial charge is 0.753 e. The minimum atomic E-state index is -4.77. The molecule has 21 heteroatoms. The molecule has 0 saturated carbocycles. The van der Waals surface area contributed by atoms with Crippen LogP contribution in [0, 0.1) is 17.0 Å². The number of nitrogens with one attached hydrogen (secondary N) is 2. The number of thiocarbonyl (C=S) groups is 1. The third kappa shape index (κ3) is 19.9. The van der Waals surface area contributed by atoms with Gasteiger partial charge in [0.15, 0.2) is 0 Å². The number of rotatable bonds is 20. The molecule has 0 aliphatic carbocycles. The summed E-state index contributed by atoms with van der Waals surface area (Å²) in [4.78, 5) is 50.1. The summed E-state index contributed by atoms with van der Waals surface area (Å²) < 4.78 is 79.1. The molecule has 0 aromatic carbocycles. The Hall–Kier alpha value is -7.05. The van der Waals surface area contributed by atoms with Gasteiger partial charge in [-0.3, -0.25) is 34.7 Å². The van der Waals surface area contributed by atoms with Crippen LogP contribution in [0.25, 0.3) is 70.0 Å². The van der Waals surface area contributed by atoms with Gasteiger partial charge in [-0.05, 0) is 103 Å². The third-order valence-corrected chi connectivity index (χ3v) is 9.46. The number of isothiocyanates is 1. The molecular formula is C46H38F5N7O6RuS2. The molecule has 5 aromatic rings. The molecular weight excluding hydrogens is 1010 g/mol. The van der Waals surface area contributed by atoms with E-state index in [4.69, 9.17) is 16.6 Å². The summed E-state index contributed by atoms with van der Waals surface area (Å²) in [6, 6.07) is 13.4. The van der Waals surface area contributed by atoms with Crippen molar-refractivity contribution in [2.24, 2.45) is 0 Å². The molecule has 2 N–H and O–H groups in total. The molecule has 0 saturated heterocycles. The van der Waals surface area contributed by atoms with Crippen LogP contribution in [0.5, 0.6) is 0 Å². The number of hydrogen-bond acceptors (Lipinski definition) is 13. The van der Waals surface area contributed by atoms with Crippen LogP contribution in [0.15, 0.2) is 92.0 Å². The SMILES string of the molecule is CCCCCCc1ccc(/C=C/c2ccnc(/C([NH-])=C/C(=N)C(F)(F)F)c2)s1.O=CO/C=C/c1cc(-c2cc(/C=C/OC=O)c(F)cn2)nc(-c2cc(/C=C/OC=O)c(F)cn2)c1.[N-]=C=S.[Ru+2]. The molecule has 0 unspecified atom stereocenters. The fourth-order valence-electron chi connectivity index (χ4n) is 5.31. The number of carbonyl (C=O) groups is 3. The van der Waals surface area contributed by atoms with Crippen LogP contribution in [0.2, 0.25) is 0 Å². The number of unbranched alkanes of at least 4 members (excludes halogenated alkanes) is 3. The molecule has 67 heavy (non-hydrogen) atoms. The van der Waals surface area contributed by atoms with Gasteiger partial charge in [0.25, 0.3) is 19.4 Å². The molecule has 0 radical (unpaired) electrons. The van der Waals surface area contributed by atoms with Gasteiger partial charge in [0.05, 0.1) is 54.0 Å². The topological polar surface area (TPSA) is 200 Å². The van der Waals surface area contributed by atoms with E-state index in [0.717, 1.165) is 48.0 Å². The van der Waals surface area contributed by atoms with Gasteiger partial charge in [0, 0.05) is 32.8 Å². The first-order valence-electron chi connectivity index (χ1n) is 19.2. The van der Waals surface area contributed by atoms with Crippen molar-refractivity contribution in [2.75, 3.05) is 0 Å². The number of pyridine rings is 4. The molecule has 0 fully saturated rings. The van der Waals surface area contributed by atoms with E-state index in [1.807, 2.05) is 12.2 Å². The minimum Gasteiger partial charge on any atom is -0.753 e. The first-order valence-corrected chi connectivity index (χ1v) is 20.4. The van der Waals surface area contributed by atoms with Crippen LogP contribution in [0.3, 0.4) is 0 Å². The molecule has 348 valence electrons. The molecule has 0 atom stereocenters. The van der Waals surface area contributed by atoms with E-state index in [0.29, 0.717) is 11.6 Å². The zero-order valence-electron chi connectivity index (χ0n) is 35.1. The number of alkyl halides is 3. The number of ether oxygens (including phenoxy) is 3. The van der Waals surface area contributed by atoms with Crippen molar-refractivity contribution in [3.05, 3.63) is 152 Å². The van der Waals surface area contributed by atoms with Gasteiger partial charge in [-0.25, -0.2) is 13.8 Å². The van der Waals surface area contributed by atoms with E-state index in [1.165, 1.54) is 78.3 Å². The molecule has 5 rings (SSSR count). The molecule has 5 heterocycles. The Morgan fingerprint density at radius 1 is 0.776 bits per heavy atom. The van der Waals surface area contributed by atoms with Crippen molar-refractivity contribution in [3.63, 3.8) is 0 Å². The van der Waals surface area contributed by atoms with E-state index in [-0.39, 0.29) is 78.5 Å². The Balaban J connectivity index is 0.000000438. The van der Waals surface area contributed by atoms with Crippen molar-refractivity contribution in [1.82, 2.24) is 19.9 Å². The van der Waals surface area contributed by atoms with Gasteiger partial charge in [-0.2, -0.15) is 18.3 Å². The largest absolute Gasteiger partial charge is 2.00 e. The zero-order valence-corrected chi connectivity index (χ0v) is 38.4. The van der Waals surface area contributed by atoms with E-state index in [9.17, 15) is 36.3 Å². The standard InChI is InChI=1S/C24H15F2N3O6.C21H23F3N3S.CNS.Ru/c25-19-11-27-21(9-17(19)2-5-34-14-31)23-7-16(1-4-33-13-30)8-24(29-23)22-10-18(3-6-35-15-32)20(26)12-28-22;1-2-3-4-5-6-16-9-10-17(28-16)8-7-15-11-12-27-19(13-15)18(25)14-20(26)21(22,23)24;2-1-3;/h1-15H;7-14,25-26H,2-6H2,1H3;;/q;2*-1;+2/b4-1+,5-2+,6-3+;8-7+,18-14-,26-20?;;. The fourth-order valence-corrected chi connectivity index (χ4v) is 6.27. The number of nitrogens with zero attached hydrogens (tertiary/aromatic N) is 5. The molecule has 0 spiro atoms. The van der Waals surface area contributed by atoms with Gasteiger partial charge in [0.1, 0.15) is 17.3 Å². The molecule has 0 bridgehead atoms. The summed E-state index contributed by atoms with van der Waals surface area (Å²) >= 11 is 5.43. The van der Waals surface area contributed by atoms with Crippen LogP contribution in [-0.2, 0) is 54.5 Å². The number of carbonyl (C=O) groups excluding carboxylic acids is 3. The number of thiophene rings is 1. The average molecular weight is 1050 g/mol. The summed E-state index contributed by atoms with van der Waals surface area (Å²) in [5, 5.41) is 15.4. The fraction of sp³-hybridized carbons (Fsp3) is 0.152. The number of aryl methyl sites for hydroxylation is 1. The second kappa shape index (κ2) is 30.2. The predicted molar refractivity (Wildman–Crippen MR) is 247 cm³/mol. The minimum absolute atomic E-state index is 0. The number of hydrogen-bond donors (Lipinski definition) is 1. The average Bonchev–Trinajstić information content (AvgIpc) is 3.76. The molecule has 5 aromatic heterocycles. The van der Waals surface area contributed by atoms with E-state index in [1.54, 1.807) is 29.5 Å². The maximum atomic E-state index is 14.1. The first-order chi connectivity index (χ1) is 31.8. The van der Waals surface area contributed by atoms with E-state index < -0.39 is 29.2 Å². The van der Waals surface area contributed by atoms with Crippen LogP contribution in [0.1, 0.15) is 70.3 Å². The monoisotopic (exact) mass is 1050 g/mol. The quantitative estimate of drug-likeness (QED) is 0.0114. The summed E-state index contributed by atoms with van der Waals surface area (Å²) in [5.74, 6) is -1.33. The third-order valence-electron chi connectivity index (χ3n) is 8.35. The molecule has 13 nitrogen and oxygen atoms in total. The van der Waals surface area contributed by atoms with E-state index in [2.05, 4.69) is 65.4 Å². The zero-order chi connectivity index (χ0) is 48.3. The van der Waals surface area contributed by atoms with Crippen molar-refractivity contribution >= 4 is 89.9 Å². The first kappa shape index (κ1) is 56.1. The van der Waals surface area contributed by atoms with E-state index >= 15 is 0 Å². The summed E-state index contributed by atoms with van der Waals surface area (Å²) in [7, 11) is 0. The Kier molecular flexibility index (Phi) is 25.3. The Bertz CT molecular complexity index is 2540. The number of allylic oxidation sites excluding steroid dienone is 1. The molecule has 0 amide bonds. The van der Waals surface area contributed by atoms with Crippen molar-refractivity contribution in [2.45, 2.75) is 45.2 Å². The number of halogens is 5. The summed E-state index contributed by atoms with van der Waals surface area (Å²) in [5.41, 5.74) is 8.32. The van der Waals surface area contributed by atoms with Crippen LogP contribution >= 0.6 is 23.6 Å². The summed E-state index contributed by atoms with van der Waals surface area (Å²) in [6.45, 7) is 2.80. The molecule has 0 aliphatic rings. The number of aromatic nitrogens is 4.